The third-order valence-electron chi connectivity index (χ3n) is 5.02. The molecule has 0 fully saturated rings. The van der Waals surface area contributed by atoms with Crippen LogP contribution in [0, 0.1) is 0 Å². The number of fused-ring (bicyclic) bond motifs is 1. The molecular weight excluding hydrogens is 452 g/mol. The Morgan fingerprint density at radius 2 is 1.97 bits per heavy atom. The van der Waals surface area contributed by atoms with E-state index in [1.807, 2.05) is 25.2 Å². The molecule has 0 saturated heterocycles. The van der Waals surface area contributed by atoms with Crippen molar-refractivity contribution in [3.8, 4) is 0 Å². The van der Waals surface area contributed by atoms with Crippen molar-refractivity contribution in [1.82, 2.24) is 14.7 Å². The zero-order valence-electron chi connectivity index (χ0n) is 17.6. The third-order valence-corrected chi connectivity index (χ3v) is 6.77. The van der Waals surface area contributed by atoms with Crippen molar-refractivity contribution in [2.75, 3.05) is 42.8 Å². The number of hydrogen-bond donors (Lipinski definition) is 3. The van der Waals surface area contributed by atoms with Crippen LogP contribution in [0.3, 0.4) is 0 Å². The predicted molar refractivity (Wildman–Crippen MR) is 126 cm³/mol. The third kappa shape index (κ3) is 4.78. The number of rotatable bonds is 6. The second-order valence-electron chi connectivity index (χ2n) is 7.16. The second kappa shape index (κ2) is 9.29. The Labute approximate surface area is 191 Å². The number of ether oxygens (including phenoxy) is 1. The van der Waals surface area contributed by atoms with E-state index in [1.165, 1.54) is 19.3 Å². The molecule has 2 aromatic carbocycles. The van der Waals surface area contributed by atoms with E-state index in [-0.39, 0.29) is 15.7 Å². The van der Waals surface area contributed by atoms with Crippen LogP contribution in [0.4, 0.5) is 28.8 Å². The van der Waals surface area contributed by atoms with E-state index in [1.54, 1.807) is 18.2 Å². The Hall–Kier alpha value is -2.92. The summed E-state index contributed by atoms with van der Waals surface area (Å²) in [7, 11) is -0.276. The highest BCUT2D eigenvalue weighted by Crippen LogP contribution is 2.30. The molecule has 0 bridgehead atoms. The summed E-state index contributed by atoms with van der Waals surface area (Å²) < 4.78 is 32.6. The summed E-state index contributed by atoms with van der Waals surface area (Å²) in [5, 5.41) is 6.43. The van der Waals surface area contributed by atoms with Gasteiger partial charge < -0.3 is 20.3 Å². The van der Waals surface area contributed by atoms with Gasteiger partial charge in [0.15, 0.2) is 5.82 Å². The van der Waals surface area contributed by atoms with E-state index in [2.05, 4.69) is 30.2 Å². The maximum atomic E-state index is 12.3. The van der Waals surface area contributed by atoms with Gasteiger partial charge >= 0.3 is 0 Å². The minimum absolute atomic E-state index is 0.0848. The first-order chi connectivity index (χ1) is 15.4. The van der Waals surface area contributed by atoms with Gasteiger partial charge in [0.25, 0.3) is 0 Å². The Morgan fingerprint density at radius 1 is 1.16 bits per heavy atom. The molecule has 0 aliphatic carbocycles. The number of nitrogens with zero attached hydrogens (tertiary/aromatic N) is 3. The van der Waals surface area contributed by atoms with Crippen molar-refractivity contribution in [2.45, 2.75) is 11.5 Å². The topological polar surface area (TPSA) is 108 Å². The summed E-state index contributed by atoms with van der Waals surface area (Å²) in [4.78, 5) is 10.9. The Morgan fingerprint density at radius 3 is 2.78 bits per heavy atom. The van der Waals surface area contributed by atoms with E-state index in [9.17, 15) is 8.42 Å². The second-order valence-corrected chi connectivity index (χ2v) is 9.42. The van der Waals surface area contributed by atoms with Crippen molar-refractivity contribution in [3.05, 3.63) is 59.2 Å². The minimum atomic E-state index is -3.67. The summed E-state index contributed by atoms with van der Waals surface area (Å²) >= 11 is 6.28. The van der Waals surface area contributed by atoms with Gasteiger partial charge in [0.2, 0.25) is 16.0 Å². The van der Waals surface area contributed by atoms with Crippen molar-refractivity contribution < 1.29 is 13.2 Å². The Balaban J connectivity index is 1.61. The van der Waals surface area contributed by atoms with Gasteiger partial charge in [-0.15, -0.1) is 0 Å². The monoisotopic (exact) mass is 474 g/mol. The molecule has 11 heteroatoms. The quantitative estimate of drug-likeness (QED) is 0.498. The summed E-state index contributed by atoms with van der Waals surface area (Å²) in [6.07, 6.45) is 1.45. The van der Waals surface area contributed by atoms with Gasteiger partial charge in [-0.3, -0.25) is 0 Å². The maximum absolute atomic E-state index is 12.3. The van der Waals surface area contributed by atoms with Gasteiger partial charge in [-0.2, -0.15) is 4.98 Å². The summed E-state index contributed by atoms with van der Waals surface area (Å²) in [5.41, 5.74) is 3.33. The van der Waals surface area contributed by atoms with Crippen molar-refractivity contribution in [2.24, 2.45) is 0 Å². The Kier molecular flexibility index (Phi) is 6.47. The number of hydrogen-bond acceptors (Lipinski definition) is 8. The zero-order valence-corrected chi connectivity index (χ0v) is 19.2. The van der Waals surface area contributed by atoms with Crippen LogP contribution in [-0.2, 0) is 21.4 Å². The zero-order chi connectivity index (χ0) is 22.7. The van der Waals surface area contributed by atoms with E-state index in [4.69, 9.17) is 16.3 Å². The summed E-state index contributed by atoms with van der Waals surface area (Å²) in [5.74, 6) is 0.592. The number of benzene rings is 2. The average molecular weight is 475 g/mol. The normalized spacial score (nSPS) is 13.9. The van der Waals surface area contributed by atoms with E-state index < -0.39 is 10.0 Å². The lowest BCUT2D eigenvalue weighted by atomic mass is 10.1. The highest BCUT2D eigenvalue weighted by Gasteiger charge is 2.18. The van der Waals surface area contributed by atoms with Crippen LogP contribution in [0.2, 0.25) is 5.02 Å². The number of nitrogens with one attached hydrogen (secondary N) is 3. The van der Waals surface area contributed by atoms with Crippen LogP contribution in [0.1, 0.15) is 5.56 Å². The number of halogens is 1. The minimum Gasteiger partial charge on any atom is -0.375 e. The smallest absolute Gasteiger partial charge is 0.242 e. The first kappa shape index (κ1) is 22.3. The lowest BCUT2D eigenvalue weighted by Crippen LogP contribution is -2.20. The van der Waals surface area contributed by atoms with Crippen LogP contribution >= 0.6 is 11.6 Å². The van der Waals surface area contributed by atoms with Crippen LogP contribution in [0.5, 0.6) is 0 Å². The molecule has 0 spiro atoms. The molecule has 1 aromatic heterocycles. The summed E-state index contributed by atoms with van der Waals surface area (Å²) in [6, 6.07) is 12.5. The van der Waals surface area contributed by atoms with Crippen molar-refractivity contribution in [1.29, 1.82) is 0 Å². The standard InChI is InChI=1S/C21H23ClN6O3S/c1-23-32(29,30)19-6-4-3-5-17(19)26-20-16(22)12-24-21(27-20)25-15-7-8-18-14(11-15)13-31-10-9-28(18)2/h3-8,11-12,23H,9-10,13H2,1-2H3,(H2,24,25,26,27). The lowest BCUT2D eigenvalue weighted by molar-refractivity contribution is 0.133. The first-order valence-electron chi connectivity index (χ1n) is 9.88. The molecule has 3 N–H and O–H groups in total. The number of aromatic nitrogens is 2. The molecule has 0 amide bonds. The molecule has 0 saturated carbocycles. The van der Waals surface area contributed by atoms with Gasteiger partial charge in [0.1, 0.15) is 9.92 Å². The highest BCUT2D eigenvalue weighted by atomic mass is 35.5. The fraction of sp³-hybridized carbons (Fsp3) is 0.238. The molecule has 9 nitrogen and oxygen atoms in total. The fourth-order valence-corrected chi connectivity index (χ4v) is 4.37. The number of anilines is 5. The molecule has 168 valence electrons. The van der Waals surface area contributed by atoms with Crippen molar-refractivity contribution in [3.63, 3.8) is 0 Å². The molecule has 0 atom stereocenters. The molecule has 0 unspecified atom stereocenters. The van der Waals surface area contributed by atoms with E-state index in [0.717, 1.165) is 23.5 Å². The van der Waals surface area contributed by atoms with Crippen LogP contribution in [-0.4, -0.2) is 45.6 Å². The van der Waals surface area contributed by atoms with E-state index in [0.29, 0.717) is 24.8 Å². The highest BCUT2D eigenvalue weighted by molar-refractivity contribution is 7.89. The van der Waals surface area contributed by atoms with Gasteiger partial charge in [-0.1, -0.05) is 23.7 Å². The molecule has 2 heterocycles. The first-order valence-corrected chi connectivity index (χ1v) is 11.7. The molecule has 4 rings (SSSR count). The molecule has 32 heavy (non-hydrogen) atoms. The fourth-order valence-electron chi connectivity index (χ4n) is 3.34. The van der Waals surface area contributed by atoms with E-state index >= 15 is 0 Å². The number of likely N-dealkylation sites (N-methyl/N-ethyl adjacent to an activating group) is 1. The largest absolute Gasteiger partial charge is 0.375 e. The lowest BCUT2D eigenvalue weighted by Gasteiger charge is -2.19. The number of para-hydroxylation sites is 1. The van der Waals surface area contributed by atoms with Crippen LogP contribution in [0.15, 0.2) is 53.6 Å². The van der Waals surface area contributed by atoms with Gasteiger partial charge in [0, 0.05) is 30.5 Å². The van der Waals surface area contributed by atoms with Crippen LogP contribution < -0.4 is 20.3 Å². The van der Waals surface area contributed by atoms with Gasteiger partial charge in [-0.05, 0) is 37.4 Å². The van der Waals surface area contributed by atoms with Crippen LogP contribution in [0.25, 0.3) is 0 Å². The molecule has 1 aliphatic rings. The molecule has 1 aliphatic heterocycles. The SMILES string of the molecule is CNS(=O)(=O)c1ccccc1Nc1nc(Nc2ccc3c(c2)COCCN3C)ncc1Cl. The molecule has 3 aromatic rings. The van der Waals surface area contributed by atoms with Gasteiger partial charge in [-0.25, -0.2) is 18.1 Å². The van der Waals surface area contributed by atoms with Gasteiger partial charge in [0.05, 0.1) is 25.1 Å². The Bertz CT molecular complexity index is 1240. The van der Waals surface area contributed by atoms with Crippen molar-refractivity contribution >= 4 is 50.5 Å². The average Bonchev–Trinajstić information content (AvgIpc) is 2.97. The predicted octanol–water partition coefficient (Wildman–Crippen LogP) is 3.49. The molecular formula is C21H23ClN6O3S. The molecule has 0 radical (unpaired) electrons. The maximum Gasteiger partial charge on any atom is 0.242 e. The number of sulfonamides is 1. The summed E-state index contributed by atoms with van der Waals surface area (Å²) in [6.45, 7) is 2.04.